The molecule has 2 aromatic rings. The molecule has 0 saturated heterocycles. The molecule has 0 aliphatic heterocycles. The minimum absolute atomic E-state index is 0.239. The van der Waals surface area contributed by atoms with E-state index in [1.54, 1.807) is 6.07 Å². The van der Waals surface area contributed by atoms with Crippen molar-refractivity contribution < 1.29 is 9.21 Å². The summed E-state index contributed by atoms with van der Waals surface area (Å²) in [6.07, 6.45) is 0.780. The van der Waals surface area contributed by atoms with Crippen LogP contribution in [0.1, 0.15) is 23.2 Å². The van der Waals surface area contributed by atoms with Gasteiger partial charge in [0.2, 0.25) is 0 Å². The molecule has 88 valence electrons. The van der Waals surface area contributed by atoms with Crippen LogP contribution in [0.15, 0.2) is 45.3 Å². The fourth-order valence-electron chi connectivity index (χ4n) is 1.44. The highest BCUT2D eigenvalue weighted by Crippen LogP contribution is 2.22. The maximum Gasteiger partial charge on any atom is 0.291 e. The monoisotopic (exact) mass is 293 g/mol. The van der Waals surface area contributed by atoms with Gasteiger partial charge < -0.3 is 9.73 Å². The van der Waals surface area contributed by atoms with Crippen LogP contribution >= 0.6 is 15.9 Å². The van der Waals surface area contributed by atoms with Gasteiger partial charge in [0.15, 0.2) is 5.76 Å². The number of aryl methyl sites for hydroxylation is 1. The zero-order valence-corrected chi connectivity index (χ0v) is 11.0. The molecule has 0 aliphatic carbocycles. The molecule has 4 heteroatoms. The molecule has 1 aromatic heterocycles. The molecule has 0 radical (unpaired) electrons. The molecule has 2 rings (SSSR count). The largest absolute Gasteiger partial charge is 0.456 e. The lowest BCUT2D eigenvalue weighted by Crippen LogP contribution is -2.11. The summed E-state index contributed by atoms with van der Waals surface area (Å²) < 4.78 is 6.22. The molecule has 0 unspecified atom stereocenters. The fourth-order valence-corrected chi connectivity index (χ4v) is 1.82. The number of amides is 1. The highest BCUT2D eigenvalue weighted by Gasteiger charge is 2.11. The molecule has 1 amide bonds. The van der Waals surface area contributed by atoms with Crippen LogP contribution in [-0.4, -0.2) is 5.91 Å². The van der Waals surface area contributed by atoms with Crippen LogP contribution in [0.25, 0.3) is 0 Å². The zero-order chi connectivity index (χ0) is 12.3. The summed E-state index contributed by atoms with van der Waals surface area (Å²) in [5.74, 6) is 0.900. The standard InChI is InChI=1S/C13H12BrNO2/c1-2-9-7-8-12(17-9)13(16)15-11-6-4-3-5-10(11)14/h3-8H,2H2,1H3,(H,15,16). The Morgan fingerprint density at radius 1 is 1.29 bits per heavy atom. The first kappa shape index (κ1) is 11.9. The SMILES string of the molecule is CCc1ccc(C(=O)Nc2ccccc2Br)o1. The molecule has 0 fully saturated rings. The molecule has 0 saturated carbocycles. The summed E-state index contributed by atoms with van der Waals surface area (Å²) in [5, 5.41) is 2.78. The van der Waals surface area contributed by atoms with Gasteiger partial charge in [-0.15, -0.1) is 0 Å². The number of anilines is 1. The Kier molecular flexibility index (Phi) is 3.64. The van der Waals surface area contributed by atoms with Crippen molar-refractivity contribution in [2.75, 3.05) is 5.32 Å². The van der Waals surface area contributed by atoms with E-state index in [2.05, 4.69) is 21.2 Å². The van der Waals surface area contributed by atoms with Gasteiger partial charge >= 0.3 is 0 Å². The predicted molar refractivity (Wildman–Crippen MR) is 70.2 cm³/mol. The first-order valence-electron chi connectivity index (χ1n) is 5.35. The number of hydrogen-bond acceptors (Lipinski definition) is 2. The normalized spacial score (nSPS) is 10.2. The number of para-hydroxylation sites is 1. The maximum atomic E-state index is 11.9. The molecule has 0 atom stereocenters. The van der Waals surface area contributed by atoms with Crippen LogP contribution in [0.4, 0.5) is 5.69 Å². The van der Waals surface area contributed by atoms with Crippen molar-refractivity contribution >= 4 is 27.5 Å². The number of hydrogen-bond donors (Lipinski definition) is 1. The van der Waals surface area contributed by atoms with Gasteiger partial charge in [-0.05, 0) is 40.2 Å². The lowest BCUT2D eigenvalue weighted by atomic mass is 10.3. The van der Waals surface area contributed by atoms with E-state index in [0.717, 1.165) is 22.3 Å². The third-order valence-electron chi connectivity index (χ3n) is 2.36. The molecule has 0 aliphatic rings. The number of furan rings is 1. The van der Waals surface area contributed by atoms with E-state index in [9.17, 15) is 4.79 Å². The van der Waals surface area contributed by atoms with E-state index in [1.165, 1.54) is 0 Å². The summed E-state index contributed by atoms with van der Waals surface area (Å²) in [4.78, 5) is 11.9. The number of nitrogens with one attached hydrogen (secondary N) is 1. The van der Waals surface area contributed by atoms with E-state index in [1.807, 2.05) is 37.3 Å². The van der Waals surface area contributed by atoms with Gasteiger partial charge in [0.25, 0.3) is 5.91 Å². The Labute approximate surface area is 108 Å². The highest BCUT2D eigenvalue weighted by molar-refractivity contribution is 9.10. The highest BCUT2D eigenvalue weighted by atomic mass is 79.9. The van der Waals surface area contributed by atoms with Crippen LogP contribution in [0.3, 0.4) is 0 Å². The average Bonchev–Trinajstić information content (AvgIpc) is 2.81. The van der Waals surface area contributed by atoms with E-state index in [4.69, 9.17) is 4.42 Å². The molecule has 0 spiro atoms. The van der Waals surface area contributed by atoms with E-state index in [0.29, 0.717) is 5.76 Å². The van der Waals surface area contributed by atoms with Crippen molar-refractivity contribution in [1.82, 2.24) is 0 Å². The predicted octanol–water partition coefficient (Wildman–Crippen LogP) is 3.86. The minimum atomic E-state index is -0.239. The van der Waals surface area contributed by atoms with Gasteiger partial charge in [0.1, 0.15) is 5.76 Å². The lowest BCUT2D eigenvalue weighted by molar-refractivity contribution is 0.0995. The quantitative estimate of drug-likeness (QED) is 0.934. The summed E-state index contributed by atoms with van der Waals surface area (Å²) in [5.41, 5.74) is 0.729. The first-order chi connectivity index (χ1) is 8.20. The Hall–Kier alpha value is -1.55. The second-order valence-corrected chi connectivity index (χ2v) is 4.41. The first-order valence-corrected chi connectivity index (χ1v) is 6.14. The van der Waals surface area contributed by atoms with Crippen LogP contribution in [0.5, 0.6) is 0 Å². The molecular formula is C13H12BrNO2. The fraction of sp³-hybridized carbons (Fsp3) is 0.154. The van der Waals surface area contributed by atoms with Crippen LogP contribution in [0, 0.1) is 0 Å². The second kappa shape index (κ2) is 5.19. The van der Waals surface area contributed by atoms with Gasteiger partial charge in [-0.1, -0.05) is 19.1 Å². The Morgan fingerprint density at radius 2 is 2.06 bits per heavy atom. The summed E-state index contributed by atoms with van der Waals surface area (Å²) in [6, 6.07) is 10.9. The average molecular weight is 294 g/mol. The van der Waals surface area contributed by atoms with Crippen molar-refractivity contribution in [2.24, 2.45) is 0 Å². The number of carbonyl (C=O) groups is 1. The summed E-state index contributed by atoms with van der Waals surface area (Å²) >= 11 is 3.37. The van der Waals surface area contributed by atoms with Crippen molar-refractivity contribution in [2.45, 2.75) is 13.3 Å². The Balaban J connectivity index is 2.14. The smallest absolute Gasteiger partial charge is 0.291 e. The van der Waals surface area contributed by atoms with Gasteiger partial charge in [0, 0.05) is 10.9 Å². The minimum Gasteiger partial charge on any atom is -0.456 e. The van der Waals surface area contributed by atoms with Gasteiger partial charge in [-0.25, -0.2) is 0 Å². The van der Waals surface area contributed by atoms with Gasteiger partial charge in [0.05, 0.1) is 5.69 Å². The van der Waals surface area contributed by atoms with E-state index < -0.39 is 0 Å². The van der Waals surface area contributed by atoms with Crippen molar-refractivity contribution in [3.63, 3.8) is 0 Å². The van der Waals surface area contributed by atoms with Crippen LogP contribution < -0.4 is 5.32 Å². The third kappa shape index (κ3) is 2.77. The number of benzene rings is 1. The van der Waals surface area contributed by atoms with Crippen molar-refractivity contribution in [3.8, 4) is 0 Å². The molecule has 0 bridgehead atoms. The maximum absolute atomic E-state index is 11.9. The number of halogens is 1. The molecule has 1 aromatic carbocycles. The van der Waals surface area contributed by atoms with Gasteiger partial charge in [-0.3, -0.25) is 4.79 Å². The molecular weight excluding hydrogens is 282 g/mol. The lowest BCUT2D eigenvalue weighted by Gasteiger charge is -2.04. The second-order valence-electron chi connectivity index (χ2n) is 3.55. The Morgan fingerprint density at radius 3 is 2.71 bits per heavy atom. The number of carbonyl (C=O) groups excluding carboxylic acids is 1. The van der Waals surface area contributed by atoms with Crippen molar-refractivity contribution in [3.05, 3.63) is 52.4 Å². The molecule has 1 heterocycles. The topological polar surface area (TPSA) is 42.2 Å². The van der Waals surface area contributed by atoms with Crippen molar-refractivity contribution in [1.29, 1.82) is 0 Å². The summed E-state index contributed by atoms with van der Waals surface area (Å²) in [6.45, 7) is 1.98. The summed E-state index contributed by atoms with van der Waals surface area (Å²) in [7, 11) is 0. The van der Waals surface area contributed by atoms with E-state index >= 15 is 0 Å². The van der Waals surface area contributed by atoms with Crippen LogP contribution in [-0.2, 0) is 6.42 Å². The number of rotatable bonds is 3. The third-order valence-corrected chi connectivity index (χ3v) is 3.05. The Bertz CT molecular complexity index is 534. The molecule has 3 nitrogen and oxygen atoms in total. The van der Waals surface area contributed by atoms with Crippen LogP contribution in [0.2, 0.25) is 0 Å². The van der Waals surface area contributed by atoms with Gasteiger partial charge in [-0.2, -0.15) is 0 Å². The zero-order valence-electron chi connectivity index (χ0n) is 9.37. The molecule has 17 heavy (non-hydrogen) atoms. The molecule has 1 N–H and O–H groups in total. The van der Waals surface area contributed by atoms with E-state index in [-0.39, 0.29) is 5.91 Å².